The highest BCUT2D eigenvalue weighted by Crippen LogP contribution is 2.28. The molecular weight excluding hydrogens is 282 g/mol. The molecule has 0 radical (unpaired) electrons. The summed E-state index contributed by atoms with van der Waals surface area (Å²) in [5.41, 5.74) is 0.838. The number of aromatic nitrogens is 2. The van der Waals surface area contributed by atoms with E-state index in [4.69, 9.17) is 11.6 Å². The molecule has 0 aromatic carbocycles. The number of thiazole rings is 1. The molecule has 8 heteroatoms. The SMILES string of the molecule is Cc1nc(Cl)sc1S(=O)(=O)Nc1ccncc1. The normalized spacial score (nSPS) is 11.4. The quantitative estimate of drug-likeness (QED) is 0.941. The second kappa shape index (κ2) is 4.59. The van der Waals surface area contributed by atoms with Crippen LogP contribution >= 0.6 is 22.9 Å². The molecule has 0 fully saturated rings. The summed E-state index contributed by atoms with van der Waals surface area (Å²) in [5.74, 6) is 0. The number of anilines is 1. The number of hydrogen-bond donors (Lipinski definition) is 1. The van der Waals surface area contributed by atoms with Crippen LogP contribution in [0.25, 0.3) is 0 Å². The summed E-state index contributed by atoms with van der Waals surface area (Å²) in [5, 5.41) is 0. The Morgan fingerprint density at radius 1 is 1.35 bits per heavy atom. The molecule has 0 aliphatic rings. The van der Waals surface area contributed by atoms with Crippen molar-refractivity contribution in [3.8, 4) is 0 Å². The third-order valence-electron chi connectivity index (χ3n) is 1.90. The van der Waals surface area contributed by atoms with Crippen LogP contribution in [-0.2, 0) is 10.0 Å². The number of hydrogen-bond acceptors (Lipinski definition) is 5. The summed E-state index contributed by atoms with van der Waals surface area (Å²) in [6.07, 6.45) is 3.01. The summed E-state index contributed by atoms with van der Waals surface area (Å²) >= 11 is 6.61. The maximum absolute atomic E-state index is 12.0. The largest absolute Gasteiger partial charge is 0.279 e. The molecule has 17 heavy (non-hydrogen) atoms. The van der Waals surface area contributed by atoms with E-state index in [1.807, 2.05) is 0 Å². The van der Waals surface area contributed by atoms with E-state index in [0.29, 0.717) is 11.4 Å². The molecule has 5 nitrogen and oxygen atoms in total. The van der Waals surface area contributed by atoms with Crippen molar-refractivity contribution in [3.63, 3.8) is 0 Å². The Hall–Kier alpha value is -1.18. The van der Waals surface area contributed by atoms with E-state index in [0.717, 1.165) is 11.3 Å². The van der Waals surface area contributed by atoms with Gasteiger partial charge in [-0.15, -0.1) is 0 Å². The van der Waals surface area contributed by atoms with Gasteiger partial charge < -0.3 is 0 Å². The van der Waals surface area contributed by atoms with E-state index in [-0.39, 0.29) is 8.68 Å². The maximum Gasteiger partial charge on any atom is 0.273 e. The third kappa shape index (κ3) is 2.74. The zero-order chi connectivity index (χ0) is 12.5. The summed E-state index contributed by atoms with van der Waals surface area (Å²) in [4.78, 5) is 7.68. The van der Waals surface area contributed by atoms with Gasteiger partial charge >= 0.3 is 0 Å². The smallest absolute Gasteiger partial charge is 0.273 e. The van der Waals surface area contributed by atoms with Crippen molar-refractivity contribution in [1.29, 1.82) is 0 Å². The van der Waals surface area contributed by atoms with Gasteiger partial charge in [0.05, 0.1) is 11.4 Å². The zero-order valence-corrected chi connectivity index (χ0v) is 11.1. The molecule has 0 amide bonds. The third-order valence-corrected chi connectivity index (χ3v) is 5.16. The van der Waals surface area contributed by atoms with Crippen molar-refractivity contribution in [1.82, 2.24) is 9.97 Å². The van der Waals surface area contributed by atoms with Crippen molar-refractivity contribution in [2.75, 3.05) is 4.72 Å². The van der Waals surface area contributed by atoms with Crippen molar-refractivity contribution in [2.24, 2.45) is 0 Å². The van der Waals surface area contributed by atoms with Crippen LogP contribution in [0.15, 0.2) is 28.7 Å². The fourth-order valence-electron chi connectivity index (χ4n) is 1.22. The minimum absolute atomic E-state index is 0.124. The molecule has 2 aromatic heterocycles. The molecule has 0 aliphatic carbocycles. The highest BCUT2D eigenvalue weighted by Gasteiger charge is 2.21. The second-order valence-corrected chi connectivity index (χ2v) is 6.64. The first-order valence-corrected chi connectivity index (χ1v) is 7.22. The van der Waals surface area contributed by atoms with Crippen molar-refractivity contribution in [3.05, 3.63) is 34.7 Å². The summed E-state index contributed by atoms with van der Waals surface area (Å²) in [6.45, 7) is 1.60. The van der Waals surface area contributed by atoms with Crippen LogP contribution in [0.3, 0.4) is 0 Å². The molecule has 0 bridgehead atoms. The van der Waals surface area contributed by atoms with Crippen LogP contribution in [-0.4, -0.2) is 18.4 Å². The molecule has 0 saturated carbocycles. The lowest BCUT2D eigenvalue weighted by Gasteiger charge is -2.05. The number of nitrogens with zero attached hydrogens (tertiary/aromatic N) is 2. The van der Waals surface area contributed by atoms with Crippen LogP contribution in [0.2, 0.25) is 4.47 Å². The Morgan fingerprint density at radius 2 is 2.00 bits per heavy atom. The number of sulfonamides is 1. The van der Waals surface area contributed by atoms with Crippen molar-refractivity contribution < 1.29 is 8.42 Å². The van der Waals surface area contributed by atoms with Gasteiger partial charge in [-0.1, -0.05) is 22.9 Å². The number of nitrogens with one attached hydrogen (secondary N) is 1. The Balaban J connectivity index is 2.35. The average molecular weight is 290 g/mol. The number of pyridine rings is 1. The van der Waals surface area contributed by atoms with Crippen molar-refractivity contribution in [2.45, 2.75) is 11.1 Å². The molecule has 0 saturated heterocycles. The van der Waals surface area contributed by atoms with Gasteiger partial charge in [0.2, 0.25) is 0 Å². The predicted octanol–water partition coefficient (Wildman–Crippen LogP) is 2.30. The highest BCUT2D eigenvalue weighted by molar-refractivity contribution is 7.94. The van der Waals surface area contributed by atoms with Crippen LogP contribution in [0.4, 0.5) is 5.69 Å². The molecule has 0 spiro atoms. The lowest BCUT2D eigenvalue weighted by Crippen LogP contribution is -2.12. The Morgan fingerprint density at radius 3 is 2.53 bits per heavy atom. The molecule has 2 aromatic rings. The Bertz CT molecular complexity index is 625. The van der Waals surface area contributed by atoms with Gasteiger partial charge in [-0.2, -0.15) is 0 Å². The van der Waals surface area contributed by atoms with E-state index < -0.39 is 10.0 Å². The van der Waals surface area contributed by atoms with E-state index in [1.165, 1.54) is 12.4 Å². The number of rotatable bonds is 3. The Labute approximate surface area is 108 Å². The lowest BCUT2D eigenvalue weighted by atomic mass is 10.4. The van der Waals surface area contributed by atoms with Crippen LogP contribution in [0.1, 0.15) is 5.69 Å². The first kappa shape index (κ1) is 12.3. The lowest BCUT2D eigenvalue weighted by molar-refractivity contribution is 0.602. The number of aryl methyl sites for hydroxylation is 1. The van der Waals surface area contributed by atoms with E-state index in [2.05, 4.69) is 14.7 Å². The molecule has 1 N–H and O–H groups in total. The molecule has 2 rings (SSSR count). The van der Waals surface area contributed by atoms with Crippen LogP contribution < -0.4 is 4.72 Å². The molecule has 90 valence electrons. The molecule has 0 atom stereocenters. The standard InChI is InChI=1S/C9H8ClN3O2S2/c1-6-8(16-9(10)12-6)17(14,15)13-7-2-4-11-5-3-7/h2-5H,1H3,(H,11,13). The first-order valence-electron chi connectivity index (χ1n) is 4.55. The fraction of sp³-hybridized carbons (Fsp3) is 0.111. The van der Waals surface area contributed by atoms with E-state index >= 15 is 0 Å². The predicted molar refractivity (Wildman–Crippen MR) is 66.9 cm³/mol. The zero-order valence-electron chi connectivity index (χ0n) is 8.71. The summed E-state index contributed by atoms with van der Waals surface area (Å²) in [7, 11) is -3.63. The second-order valence-electron chi connectivity index (χ2n) is 3.18. The van der Waals surface area contributed by atoms with Gasteiger partial charge in [0.1, 0.15) is 0 Å². The van der Waals surface area contributed by atoms with E-state index in [1.54, 1.807) is 19.1 Å². The van der Waals surface area contributed by atoms with Gasteiger partial charge in [0, 0.05) is 12.4 Å². The minimum atomic E-state index is -3.63. The monoisotopic (exact) mass is 289 g/mol. The summed E-state index contributed by atoms with van der Waals surface area (Å²) < 4.78 is 26.8. The van der Waals surface area contributed by atoms with Gasteiger partial charge in [0.15, 0.2) is 8.68 Å². The maximum atomic E-state index is 12.0. The molecule has 0 aliphatic heterocycles. The van der Waals surface area contributed by atoms with Crippen LogP contribution in [0, 0.1) is 6.92 Å². The van der Waals surface area contributed by atoms with Gasteiger partial charge in [-0.3, -0.25) is 9.71 Å². The average Bonchev–Trinajstić information content (AvgIpc) is 2.59. The fourth-order valence-corrected chi connectivity index (χ4v) is 4.02. The molecular formula is C9H8ClN3O2S2. The molecule has 0 unspecified atom stereocenters. The Kier molecular flexibility index (Phi) is 3.32. The summed E-state index contributed by atoms with van der Waals surface area (Å²) in [6, 6.07) is 3.13. The van der Waals surface area contributed by atoms with Crippen molar-refractivity contribution >= 4 is 38.6 Å². The minimum Gasteiger partial charge on any atom is -0.279 e. The first-order chi connectivity index (χ1) is 7.99. The van der Waals surface area contributed by atoms with Gasteiger partial charge in [0.25, 0.3) is 10.0 Å². The van der Waals surface area contributed by atoms with Gasteiger partial charge in [-0.25, -0.2) is 13.4 Å². The van der Waals surface area contributed by atoms with Crippen LogP contribution in [0.5, 0.6) is 0 Å². The van der Waals surface area contributed by atoms with E-state index in [9.17, 15) is 8.42 Å². The number of halogens is 1. The molecule has 2 heterocycles. The topological polar surface area (TPSA) is 72.0 Å². The van der Waals surface area contributed by atoms with Gasteiger partial charge in [-0.05, 0) is 19.1 Å². The highest BCUT2D eigenvalue weighted by atomic mass is 35.5.